The van der Waals surface area contributed by atoms with Crippen molar-refractivity contribution in [2.45, 2.75) is 52.1 Å². The van der Waals surface area contributed by atoms with Crippen LogP contribution in [0.15, 0.2) is 0 Å². The molecule has 1 atom stereocenters. The summed E-state index contributed by atoms with van der Waals surface area (Å²) >= 11 is 0. The van der Waals surface area contributed by atoms with Crippen molar-refractivity contribution >= 4 is 11.8 Å². The first-order valence-corrected chi connectivity index (χ1v) is 7.99. The number of carbonyl (C=O) groups is 2. The summed E-state index contributed by atoms with van der Waals surface area (Å²) in [4.78, 5) is 27.1. The SMILES string of the molecule is CC(C)CCC[C@@H]1CN(C(=O)CCC(=O)N(C)C)CCO1. The molecule has 0 bridgehead atoms. The normalized spacial score (nSPS) is 18.9. The number of ether oxygens (including phenoxy) is 1. The summed E-state index contributed by atoms with van der Waals surface area (Å²) in [5.41, 5.74) is 0. The molecule has 1 aliphatic heterocycles. The molecular formula is C16H30N2O3. The minimum atomic E-state index is 0.00472. The molecule has 0 aliphatic carbocycles. The molecular weight excluding hydrogens is 268 g/mol. The standard InChI is InChI=1S/C16H30N2O3/c1-13(2)6-5-7-14-12-18(10-11-21-14)16(20)9-8-15(19)17(3)4/h13-14H,5-12H2,1-4H3/t14-/m1/s1. The zero-order chi connectivity index (χ0) is 15.8. The zero-order valence-electron chi connectivity index (χ0n) is 13.9. The smallest absolute Gasteiger partial charge is 0.223 e. The van der Waals surface area contributed by atoms with Crippen LogP contribution in [0.5, 0.6) is 0 Å². The Morgan fingerprint density at radius 2 is 2.00 bits per heavy atom. The molecule has 0 radical (unpaired) electrons. The van der Waals surface area contributed by atoms with Crippen molar-refractivity contribution in [1.82, 2.24) is 9.80 Å². The van der Waals surface area contributed by atoms with Crippen molar-refractivity contribution in [3.8, 4) is 0 Å². The van der Waals surface area contributed by atoms with Crippen LogP contribution in [0.2, 0.25) is 0 Å². The van der Waals surface area contributed by atoms with Crippen LogP contribution < -0.4 is 0 Å². The van der Waals surface area contributed by atoms with Crippen LogP contribution in [0.4, 0.5) is 0 Å². The maximum atomic E-state index is 12.2. The highest BCUT2D eigenvalue weighted by atomic mass is 16.5. The van der Waals surface area contributed by atoms with E-state index in [-0.39, 0.29) is 17.9 Å². The average molecular weight is 298 g/mol. The Morgan fingerprint density at radius 1 is 1.29 bits per heavy atom. The molecule has 1 fully saturated rings. The van der Waals surface area contributed by atoms with Crippen molar-refractivity contribution in [2.75, 3.05) is 33.8 Å². The average Bonchev–Trinajstić information content (AvgIpc) is 2.44. The molecule has 122 valence electrons. The van der Waals surface area contributed by atoms with Gasteiger partial charge < -0.3 is 14.5 Å². The molecule has 21 heavy (non-hydrogen) atoms. The number of hydrogen-bond acceptors (Lipinski definition) is 3. The maximum Gasteiger partial charge on any atom is 0.223 e. The molecule has 0 aromatic carbocycles. The summed E-state index contributed by atoms with van der Waals surface area (Å²) in [6.07, 6.45) is 4.11. The number of morpholine rings is 1. The van der Waals surface area contributed by atoms with Gasteiger partial charge in [-0.3, -0.25) is 9.59 Å². The lowest BCUT2D eigenvalue weighted by Crippen LogP contribution is -2.45. The van der Waals surface area contributed by atoms with Crippen molar-refractivity contribution in [3.05, 3.63) is 0 Å². The molecule has 0 saturated carbocycles. The number of rotatable bonds is 7. The largest absolute Gasteiger partial charge is 0.375 e. The van der Waals surface area contributed by atoms with E-state index in [0.29, 0.717) is 38.5 Å². The number of carbonyl (C=O) groups excluding carboxylic acids is 2. The predicted molar refractivity (Wildman–Crippen MR) is 82.9 cm³/mol. The predicted octanol–water partition coefficient (Wildman–Crippen LogP) is 1.91. The third-order valence-electron chi connectivity index (χ3n) is 3.85. The van der Waals surface area contributed by atoms with Gasteiger partial charge in [0.25, 0.3) is 0 Å². The van der Waals surface area contributed by atoms with Crippen molar-refractivity contribution in [3.63, 3.8) is 0 Å². The fourth-order valence-corrected chi connectivity index (χ4v) is 2.47. The lowest BCUT2D eigenvalue weighted by Gasteiger charge is -2.33. The van der Waals surface area contributed by atoms with E-state index in [1.165, 1.54) is 11.3 Å². The highest BCUT2D eigenvalue weighted by molar-refractivity contribution is 5.83. The Kier molecular flexibility index (Phi) is 7.72. The molecule has 0 aromatic rings. The molecule has 1 saturated heterocycles. The zero-order valence-corrected chi connectivity index (χ0v) is 13.9. The van der Waals surface area contributed by atoms with Crippen LogP contribution in [-0.2, 0) is 14.3 Å². The minimum absolute atomic E-state index is 0.00472. The van der Waals surface area contributed by atoms with Gasteiger partial charge in [-0.15, -0.1) is 0 Å². The van der Waals surface area contributed by atoms with Gasteiger partial charge in [0.05, 0.1) is 12.7 Å². The minimum Gasteiger partial charge on any atom is -0.375 e. The molecule has 1 heterocycles. The van der Waals surface area contributed by atoms with Gasteiger partial charge in [-0.2, -0.15) is 0 Å². The number of amides is 2. The van der Waals surface area contributed by atoms with Crippen LogP contribution in [0.1, 0.15) is 46.0 Å². The van der Waals surface area contributed by atoms with Gasteiger partial charge in [-0.05, 0) is 12.3 Å². The quantitative estimate of drug-likeness (QED) is 0.721. The van der Waals surface area contributed by atoms with E-state index in [1.54, 1.807) is 14.1 Å². The second-order valence-corrected chi connectivity index (χ2v) is 6.45. The second-order valence-electron chi connectivity index (χ2n) is 6.45. The third-order valence-corrected chi connectivity index (χ3v) is 3.85. The van der Waals surface area contributed by atoms with Gasteiger partial charge in [-0.1, -0.05) is 26.7 Å². The summed E-state index contributed by atoms with van der Waals surface area (Å²) in [7, 11) is 3.43. The van der Waals surface area contributed by atoms with Crippen molar-refractivity contribution in [1.29, 1.82) is 0 Å². The summed E-state index contributed by atoms with van der Waals surface area (Å²) < 4.78 is 5.73. The Morgan fingerprint density at radius 3 is 2.62 bits per heavy atom. The van der Waals surface area contributed by atoms with E-state index in [1.807, 2.05) is 4.90 Å². The van der Waals surface area contributed by atoms with E-state index in [9.17, 15) is 9.59 Å². The first-order chi connectivity index (χ1) is 9.90. The summed E-state index contributed by atoms with van der Waals surface area (Å²) in [5, 5.41) is 0. The molecule has 0 spiro atoms. The summed E-state index contributed by atoms with van der Waals surface area (Å²) in [5.74, 6) is 0.788. The molecule has 2 amide bonds. The molecule has 5 heteroatoms. The lowest BCUT2D eigenvalue weighted by molar-refractivity contribution is -0.141. The van der Waals surface area contributed by atoms with Crippen molar-refractivity contribution < 1.29 is 14.3 Å². The van der Waals surface area contributed by atoms with Crippen LogP contribution >= 0.6 is 0 Å². The molecule has 5 nitrogen and oxygen atoms in total. The first kappa shape index (κ1) is 18.0. The summed E-state index contributed by atoms with van der Waals surface area (Å²) in [6.45, 7) is 6.38. The van der Waals surface area contributed by atoms with E-state index in [0.717, 1.165) is 12.8 Å². The fraction of sp³-hybridized carbons (Fsp3) is 0.875. The second kappa shape index (κ2) is 9.03. The lowest BCUT2D eigenvalue weighted by atomic mass is 10.0. The molecule has 0 aromatic heterocycles. The van der Waals surface area contributed by atoms with E-state index in [2.05, 4.69) is 13.8 Å². The van der Waals surface area contributed by atoms with Gasteiger partial charge in [0.1, 0.15) is 0 Å². The Hall–Kier alpha value is -1.10. The maximum absolute atomic E-state index is 12.2. The monoisotopic (exact) mass is 298 g/mol. The van der Waals surface area contributed by atoms with Crippen molar-refractivity contribution in [2.24, 2.45) is 5.92 Å². The van der Waals surface area contributed by atoms with Crippen LogP contribution in [-0.4, -0.2) is 61.5 Å². The highest BCUT2D eigenvalue weighted by Crippen LogP contribution is 2.15. The van der Waals surface area contributed by atoms with Gasteiger partial charge in [0.15, 0.2) is 0 Å². The van der Waals surface area contributed by atoms with Crippen LogP contribution in [0.25, 0.3) is 0 Å². The summed E-state index contributed by atoms with van der Waals surface area (Å²) in [6, 6.07) is 0. The number of hydrogen-bond donors (Lipinski definition) is 0. The molecule has 0 N–H and O–H groups in total. The van der Waals surface area contributed by atoms with Crippen LogP contribution in [0, 0.1) is 5.92 Å². The fourth-order valence-electron chi connectivity index (χ4n) is 2.47. The van der Waals surface area contributed by atoms with E-state index in [4.69, 9.17) is 4.74 Å². The third kappa shape index (κ3) is 6.93. The Labute approximate surface area is 128 Å². The first-order valence-electron chi connectivity index (χ1n) is 7.99. The van der Waals surface area contributed by atoms with E-state index < -0.39 is 0 Å². The van der Waals surface area contributed by atoms with Gasteiger partial charge in [0, 0.05) is 40.0 Å². The molecule has 0 unspecified atom stereocenters. The van der Waals surface area contributed by atoms with E-state index >= 15 is 0 Å². The topological polar surface area (TPSA) is 49.9 Å². The van der Waals surface area contributed by atoms with Gasteiger partial charge >= 0.3 is 0 Å². The highest BCUT2D eigenvalue weighted by Gasteiger charge is 2.24. The Balaban J connectivity index is 2.30. The Bertz CT molecular complexity index is 342. The van der Waals surface area contributed by atoms with Gasteiger partial charge in [-0.25, -0.2) is 0 Å². The van der Waals surface area contributed by atoms with Gasteiger partial charge in [0.2, 0.25) is 11.8 Å². The van der Waals surface area contributed by atoms with Crippen LogP contribution in [0.3, 0.4) is 0 Å². The molecule has 1 rings (SSSR count). The number of nitrogens with zero attached hydrogens (tertiary/aromatic N) is 2. The molecule has 1 aliphatic rings.